The van der Waals surface area contributed by atoms with Crippen LogP contribution in [0.2, 0.25) is 0 Å². The molecule has 0 bridgehead atoms. The van der Waals surface area contributed by atoms with Crippen molar-refractivity contribution in [2.45, 2.75) is 46.1 Å². The van der Waals surface area contributed by atoms with Crippen LogP contribution in [0.25, 0.3) is 0 Å². The molecule has 86 valence electrons. The third-order valence-corrected chi connectivity index (χ3v) is 3.84. The topological polar surface area (TPSA) is 38.0 Å². The predicted octanol–water partition coefficient (Wildman–Crippen LogP) is 3.39. The molecule has 0 amide bonds. The summed E-state index contributed by atoms with van der Waals surface area (Å²) in [6.07, 6.45) is 3.66. The number of rotatable bonds is 6. The smallest absolute Gasteiger partial charge is 0.0555 e. The second-order valence-electron chi connectivity index (χ2n) is 4.30. The van der Waals surface area contributed by atoms with Gasteiger partial charge in [0.1, 0.15) is 0 Å². The summed E-state index contributed by atoms with van der Waals surface area (Å²) in [5, 5.41) is 0. The largest absolute Gasteiger partial charge is 0.271 e. The molecule has 1 aromatic rings. The fourth-order valence-electron chi connectivity index (χ4n) is 1.92. The molecule has 1 heterocycles. The van der Waals surface area contributed by atoms with Gasteiger partial charge in [0.15, 0.2) is 0 Å². The van der Waals surface area contributed by atoms with Gasteiger partial charge < -0.3 is 0 Å². The van der Waals surface area contributed by atoms with Gasteiger partial charge in [-0.05, 0) is 31.4 Å². The lowest BCUT2D eigenvalue weighted by molar-refractivity contribution is 0.398. The van der Waals surface area contributed by atoms with E-state index in [-0.39, 0.29) is 0 Å². The van der Waals surface area contributed by atoms with Gasteiger partial charge in [-0.25, -0.2) is 0 Å². The van der Waals surface area contributed by atoms with Gasteiger partial charge in [0.25, 0.3) is 0 Å². The number of thiophene rings is 1. The fraction of sp³-hybridized carbons (Fsp3) is 0.667. The van der Waals surface area contributed by atoms with Crippen molar-refractivity contribution >= 4 is 11.3 Å². The molecule has 3 heteroatoms. The monoisotopic (exact) mass is 226 g/mol. The maximum Gasteiger partial charge on any atom is 0.0555 e. The minimum absolute atomic E-state index is 0.324. The van der Waals surface area contributed by atoms with E-state index in [2.05, 4.69) is 38.3 Å². The number of hydrazine groups is 1. The van der Waals surface area contributed by atoms with E-state index in [1.54, 1.807) is 0 Å². The average molecular weight is 226 g/mol. The van der Waals surface area contributed by atoms with E-state index in [1.165, 1.54) is 22.6 Å². The molecule has 0 aliphatic heterocycles. The van der Waals surface area contributed by atoms with Crippen molar-refractivity contribution in [3.05, 3.63) is 21.9 Å². The van der Waals surface area contributed by atoms with E-state index in [1.807, 2.05) is 11.3 Å². The Kier molecular flexibility index (Phi) is 5.29. The maximum atomic E-state index is 5.62. The van der Waals surface area contributed by atoms with Crippen LogP contribution in [0.15, 0.2) is 12.1 Å². The van der Waals surface area contributed by atoms with E-state index in [0.717, 1.165) is 12.3 Å². The molecule has 0 saturated heterocycles. The Morgan fingerprint density at radius 1 is 1.47 bits per heavy atom. The molecule has 1 aromatic heterocycles. The van der Waals surface area contributed by atoms with Crippen molar-refractivity contribution in [2.75, 3.05) is 0 Å². The normalized spacial score (nSPS) is 15.2. The fourth-order valence-corrected chi connectivity index (χ4v) is 2.87. The summed E-state index contributed by atoms with van der Waals surface area (Å²) in [6.45, 7) is 6.67. The van der Waals surface area contributed by atoms with Crippen LogP contribution < -0.4 is 11.3 Å². The van der Waals surface area contributed by atoms with E-state index in [4.69, 9.17) is 5.84 Å². The number of aryl methyl sites for hydroxylation is 1. The summed E-state index contributed by atoms with van der Waals surface area (Å²) in [6, 6.07) is 4.67. The van der Waals surface area contributed by atoms with Gasteiger partial charge in [-0.1, -0.05) is 26.7 Å². The molecule has 2 unspecified atom stereocenters. The van der Waals surface area contributed by atoms with Crippen LogP contribution in [0.5, 0.6) is 0 Å². The Morgan fingerprint density at radius 3 is 2.67 bits per heavy atom. The van der Waals surface area contributed by atoms with Gasteiger partial charge in [0, 0.05) is 9.75 Å². The third-order valence-electron chi connectivity index (χ3n) is 2.73. The lowest BCUT2D eigenvalue weighted by Crippen LogP contribution is -2.28. The first-order chi connectivity index (χ1) is 7.17. The Labute approximate surface area is 96.9 Å². The molecule has 0 saturated carbocycles. The van der Waals surface area contributed by atoms with Crippen LogP contribution in [0.1, 0.15) is 48.9 Å². The molecule has 0 fully saturated rings. The van der Waals surface area contributed by atoms with Gasteiger partial charge in [0.2, 0.25) is 0 Å². The Balaban J connectivity index is 2.56. The van der Waals surface area contributed by atoms with Crippen LogP contribution in [-0.2, 0) is 0 Å². The first-order valence-electron chi connectivity index (χ1n) is 5.69. The quantitative estimate of drug-likeness (QED) is 0.576. The van der Waals surface area contributed by atoms with E-state index in [0.29, 0.717) is 6.04 Å². The van der Waals surface area contributed by atoms with Crippen molar-refractivity contribution < 1.29 is 0 Å². The first-order valence-corrected chi connectivity index (χ1v) is 6.51. The van der Waals surface area contributed by atoms with Crippen molar-refractivity contribution in [3.63, 3.8) is 0 Å². The zero-order valence-electron chi connectivity index (χ0n) is 9.92. The molecular formula is C12H22N2S. The van der Waals surface area contributed by atoms with Crippen molar-refractivity contribution in [2.24, 2.45) is 11.8 Å². The van der Waals surface area contributed by atoms with Crippen LogP contribution in [0.4, 0.5) is 0 Å². The lowest BCUT2D eigenvalue weighted by Gasteiger charge is -2.18. The van der Waals surface area contributed by atoms with Crippen LogP contribution in [-0.4, -0.2) is 0 Å². The zero-order chi connectivity index (χ0) is 11.3. The van der Waals surface area contributed by atoms with Gasteiger partial charge in [-0.3, -0.25) is 11.3 Å². The predicted molar refractivity (Wildman–Crippen MR) is 67.8 cm³/mol. The van der Waals surface area contributed by atoms with Crippen molar-refractivity contribution in [1.82, 2.24) is 5.43 Å². The molecule has 0 aliphatic rings. The number of nitrogens with two attached hydrogens (primary N) is 1. The molecule has 3 N–H and O–H groups in total. The highest BCUT2D eigenvalue weighted by Gasteiger charge is 2.14. The number of nitrogens with one attached hydrogen (secondary N) is 1. The molecule has 1 rings (SSSR count). The molecule has 2 atom stereocenters. The SMILES string of the molecule is CCCC(C)CC(NN)c1ccc(C)s1. The highest BCUT2D eigenvalue weighted by atomic mass is 32.1. The van der Waals surface area contributed by atoms with Crippen LogP contribution >= 0.6 is 11.3 Å². The summed E-state index contributed by atoms with van der Waals surface area (Å²) in [5.74, 6) is 6.35. The van der Waals surface area contributed by atoms with Gasteiger partial charge in [0.05, 0.1) is 6.04 Å². The Morgan fingerprint density at radius 2 is 2.20 bits per heavy atom. The molecule has 0 radical (unpaired) electrons. The van der Waals surface area contributed by atoms with Crippen molar-refractivity contribution in [1.29, 1.82) is 0 Å². The van der Waals surface area contributed by atoms with Crippen LogP contribution in [0.3, 0.4) is 0 Å². The summed E-state index contributed by atoms with van der Waals surface area (Å²) >= 11 is 1.84. The summed E-state index contributed by atoms with van der Waals surface area (Å²) in [4.78, 5) is 2.71. The van der Waals surface area contributed by atoms with Gasteiger partial charge in [-0.15, -0.1) is 11.3 Å². The second-order valence-corrected chi connectivity index (χ2v) is 5.62. The van der Waals surface area contributed by atoms with Gasteiger partial charge in [-0.2, -0.15) is 0 Å². The Bertz CT molecular complexity index is 283. The summed E-state index contributed by atoms with van der Waals surface area (Å²) in [5.41, 5.74) is 2.93. The summed E-state index contributed by atoms with van der Waals surface area (Å²) in [7, 11) is 0. The third kappa shape index (κ3) is 3.93. The second kappa shape index (κ2) is 6.26. The van der Waals surface area contributed by atoms with Crippen molar-refractivity contribution in [3.8, 4) is 0 Å². The highest BCUT2D eigenvalue weighted by molar-refractivity contribution is 7.12. The van der Waals surface area contributed by atoms with Gasteiger partial charge >= 0.3 is 0 Å². The zero-order valence-corrected chi connectivity index (χ0v) is 10.7. The molecule has 2 nitrogen and oxygen atoms in total. The van der Waals surface area contributed by atoms with E-state index >= 15 is 0 Å². The number of hydrogen-bond acceptors (Lipinski definition) is 3. The minimum atomic E-state index is 0.324. The van der Waals surface area contributed by atoms with E-state index < -0.39 is 0 Å². The lowest BCUT2D eigenvalue weighted by atomic mass is 9.97. The minimum Gasteiger partial charge on any atom is -0.271 e. The Hall–Kier alpha value is -0.380. The number of hydrogen-bond donors (Lipinski definition) is 2. The standard InChI is InChI=1S/C12H22N2S/c1-4-5-9(2)8-11(14-13)12-7-6-10(3)15-12/h6-7,9,11,14H,4-5,8,13H2,1-3H3. The highest BCUT2D eigenvalue weighted by Crippen LogP contribution is 2.28. The maximum absolute atomic E-state index is 5.62. The molecule has 0 aliphatic carbocycles. The first kappa shape index (κ1) is 12.7. The molecular weight excluding hydrogens is 204 g/mol. The summed E-state index contributed by atoms with van der Waals surface area (Å²) < 4.78 is 0. The molecule has 15 heavy (non-hydrogen) atoms. The molecule has 0 spiro atoms. The van der Waals surface area contributed by atoms with E-state index in [9.17, 15) is 0 Å². The van der Waals surface area contributed by atoms with Crippen LogP contribution in [0, 0.1) is 12.8 Å². The average Bonchev–Trinajstić information content (AvgIpc) is 2.61. The molecule has 0 aromatic carbocycles.